The molecule has 2 atom stereocenters. The van der Waals surface area contributed by atoms with Crippen molar-refractivity contribution in [2.75, 3.05) is 6.61 Å². The van der Waals surface area contributed by atoms with Crippen LogP contribution in [0.1, 0.15) is 17.2 Å². The molecule has 0 saturated carbocycles. The lowest BCUT2D eigenvalue weighted by Gasteiger charge is -2.30. The van der Waals surface area contributed by atoms with Crippen molar-refractivity contribution in [3.05, 3.63) is 78.4 Å². The summed E-state index contributed by atoms with van der Waals surface area (Å²) in [5.41, 5.74) is 1.84. The molecule has 5 heteroatoms. The maximum Gasteiger partial charge on any atom is 0.130 e. The Morgan fingerprint density at radius 2 is 1.92 bits per heavy atom. The number of aliphatic hydroxyl groups excluding tert-OH is 1. The lowest BCUT2D eigenvalue weighted by molar-refractivity contribution is 0.0505. The third-order valence-corrected chi connectivity index (χ3v) is 4.31. The fourth-order valence-corrected chi connectivity index (χ4v) is 3.03. The minimum Gasteiger partial charge on any atom is -0.493 e. The molecule has 25 heavy (non-hydrogen) atoms. The quantitative estimate of drug-likeness (QED) is 0.790. The van der Waals surface area contributed by atoms with Gasteiger partial charge in [-0.2, -0.15) is 0 Å². The van der Waals surface area contributed by atoms with E-state index in [1.165, 1.54) is 0 Å². The van der Waals surface area contributed by atoms with Crippen LogP contribution in [0.15, 0.2) is 67.3 Å². The van der Waals surface area contributed by atoms with Crippen molar-refractivity contribution in [1.82, 2.24) is 9.97 Å². The molecule has 3 heterocycles. The zero-order valence-electron chi connectivity index (χ0n) is 13.6. The Morgan fingerprint density at radius 1 is 1.04 bits per heavy atom. The van der Waals surface area contributed by atoms with Gasteiger partial charge in [-0.25, -0.2) is 0 Å². The van der Waals surface area contributed by atoms with Crippen molar-refractivity contribution in [2.24, 2.45) is 5.92 Å². The number of ether oxygens (including phenoxy) is 2. The van der Waals surface area contributed by atoms with Gasteiger partial charge in [-0.15, -0.1) is 0 Å². The van der Waals surface area contributed by atoms with Crippen LogP contribution in [0.4, 0.5) is 0 Å². The fraction of sp³-hybridized carbons (Fsp3) is 0.200. The van der Waals surface area contributed by atoms with Gasteiger partial charge < -0.3 is 14.6 Å². The standard InChI is InChI=1S/C20H18N2O3/c23-20-15(10-14-2-1-7-22-12-14)13-24-19-4-3-17(11-18(19)20)25-16-5-8-21-9-6-16/h1-9,11-12,15,20,23H,10,13H2/t15-,20-/m1/s1. The molecule has 126 valence electrons. The molecule has 4 rings (SSSR count). The molecular formula is C20H18N2O3. The summed E-state index contributed by atoms with van der Waals surface area (Å²) < 4.78 is 11.7. The van der Waals surface area contributed by atoms with Gasteiger partial charge >= 0.3 is 0 Å². The molecule has 0 amide bonds. The second-order valence-corrected chi connectivity index (χ2v) is 6.07. The molecule has 1 aliphatic heterocycles. The molecule has 5 nitrogen and oxygen atoms in total. The second-order valence-electron chi connectivity index (χ2n) is 6.07. The molecule has 3 aromatic rings. The Balaban J connectivity index is 1.55. The molecular weight excluding hydrogens is 316 g/mol. The molecule has 0 saturated heterocycles. The Morgan fingerprint density at radius 3 is 2.72 bits per heavy atom. The molecule has 0 spiro atoms. The van der Waals surface area contributed by atoms with Crippen molar-refractivity contribution in [1.29, 1.82) is 0 Å². The van der Waals surface area contributed by atoms with Gasteiger partial charge in [0.05, 0.1) is 12.7 Å². The number of nitrogens with zero attached hydrogens (tertiary/aromatic N) is 2. The van der Waals surface area contributed by atoms with E-state index in [-0.39, 0.29) is 5.92 Å². The Hall–Kier alpha value is -2.92. The number of aromatic nitrogens is 2. The van der Waals surface area contributed by atoms with Crippen LogP contribution in [-0.4, -0.2) is 21.7 Å². The smallest absolute Gasteiger partial charge is 0.130 e. The van der Waals surface area contributed by atoms with Crippen LogP contribution >= 0.6 is 0 Å². The third-order valence-electron chi connectivity index (χ3n) is 4.31. The highest BCUT2D eigenvalue weighted by atomic mass is 16.5. The first kappa shape index (κ1) is 15.6. The van der Waals surface area contributed by atoms with Gasteiger partial charge in [0.15, 0.2) is 0 Å². The molecule has 0 radical (unpaired) electrons. The minimum absolute atomic E-state index is 0.0205. The predicted molar refractivity (Wildman–Crippen MR) is 92.6 cm³/mol. The van der Waals surface area contributed by atoms with Gasteiger partial charge in [-0.05, 0) is 48.4 Å². The first-order chi connectivity index (χ1) is 12.3. The average molecular weight is 334 g/mol. The van der Waals surface area contributed by atoms with E-state index in [1.54, 1.807) is 30.7 Å². The van der Waals surface area contributed by atoms with E-state index < -0.39 is 6.10 Å². The number of rotatable bonds is 4. The largest absolute Gasteiger partial charge is 0.493 e. The Bertz CT molecular complexity index is 840. The van der Waals surface area contributed by atoms with Crippen molar-refractivity contribution < 1.29 is 14.6 Å². The van der Waals surface area contributed by atoms with Crippen LogP contribution in [-0.2, 0) is 6.42 Å². The molecule has 0 bridgehead atoms. The Labute approximate surface area is 145 Å². The van der Waals surface area contributed by atoms with Crippen LogP contribution < -0.4 is 9.47 Å². The highest BCUT2D eigenvalue weighted by Crippen LogP contribution is 2.39. The summed E-state index contributed by atoms with van der Waals surface area (Å²) in [5, 5.41) is 10.8. The average Bonchev–Trinajstić information content (AvgIpc) is 2.66. The monoisotopic (exact) mass is 334 g/mol. The van der Waals surface area contributed by atoms with Gasteiger partial charge in [0.25, 0.3) is 0 Å². The highest BCUT2D eigenvalue weighted by Gasteiger charge is 2.30. The summed E-state index contributed by atoms with van der Waals surface area (Å²) in [5.74, 6) is 2.05. The van der Waals surface area contributed by atoms with Gasteiger partial charge in [-0.3, -0.25) is 9.97 Å². The number of hydrogen-bond donors (Lipinski definition) is 1. The predicted octanol–water partition coefficient (Wildman–Crippen LogP) is 3.55. The van der Waals surface area contributed by atoms with E-state index >= 15 is 0 Å². The maximum absolute atomic E-state index is 10.8. The van der Waals surface area contributed by atoms with Crippen molar-refractivity contribution in [2.45, 2.75) is 12.5 Å². The van der Waals surface area contributed by atoms with E-state index in [4.69, 9.17) is 9.47 Å². The second kappa shape index (κ2) is 6.91. The van der Waals surface area contributed by atoms with Crippen LogP contribution in [0.5, 0.6) is 17.2 Å². The van der Waals surface area contributed by atoms with Crippen LogP contribution in [0.25, 0.3) is 0 Å². The molecule has 1 aliphatic rings. The number of pyridine rings is 2. The lowest BCUT2D eigenvalue weighted by Crippen LogP contribution is -2.27. The molecule has 0 aliphatic carbocycles. The van der Waals surface area contributed by atoms with Gasteiger partial charge in [0.2, 0.25) is 0 Å². The van der Waals surface area contributed by atoms with E-state index in [0.29, 0.717) is 30.3 Å². The van der Waals surface area contributed by atoms with E-state index in [1.807, 2.05) is 36.5 Å². The summed E-state index contributed by atoms with van der Waals surface area (Å²) in [6.45, 7) is 0.480. The molecule has 1 aromatic carbocycles. The summed E-state index contributed by atoms with van der Waals surface area (Å²) in [7, 11) is 0. The van der Waals surface area contributed by atoms with Crippen molar-refractivity contribution in [3.8, 4) is 17.2 Å². The molecule has 1 N–H and O–H groups in total. The number of benzene rings is 1. The van der Waals surface area contributed by atoms with E-state index in [9.17, 15) is 5.11 Å². The normalized spacial score (nSPS) is 18.9. The number of aliphatic hydroxyl groups is 1. The minimum atomic E-state index is -0.607. The zero-order valence-corrected chi connectivity index (χ0v) is 13.6. The summed E-state index contributed by atoms with van der Waals surface area (Å²) >= 11 is 0. The zero-order chi connectivity index (χ0) is 17.1. The fourth-order valence-electron chi connectivity index (χ4n) is 3.03. The van der Waals surface area contributed by atoms with Crippen molar-refractivity contribution in [3.63, 3.8) is 0 Å². The van der Waals surface area contributed by atoms with Crippen molar-refractivity contribution >= 4 is 0 Å². The number of hydrogen-bond acceptors (Lipinski definition) is 5. The molecule has 0 fully saturated rings. The summed E-state index contributed by atoms with van der Waals surface area (Å²) in [6.07, 6.45) is 7.03. The van der Waals surface area contributed by atoms with E-state index in [0.717, 1.165) is 11.1 Å². The maximum atomic E-state index is 10.8. The highest BCUT2D eigenvalue weighted by molar-refractivity contribution is 5.44. The topological polar surface area (TPSA) is 64.5 Å². The lowest BCUT2D eigenvalue weighted by atomic mass is 9.88. The van der Waals surface area contributed by atoms with Gasteiger partial charge in [0, 0.05) is 36.3 Å². The SMILES string of the molecule is O[C@H]1c2cc(Oc3ccncc3)ccc2OC[C@H]1Cc1cccnc1. The molecule has 2 aromatic heterocycles. The Kier molecular flexibility index (Phi) is 4.31. The summed E-state index contributed by atoms with van der Waals surface area (Å²) in [6, 6.07) is 13.0. The first-order valence-electron chi connectivity index (χ1n) is 8.21. The van der Waals surface area contributed by atoms with Crippen LogP contribution in [0, 0.1) is 5.92 Å². The van der Waals surface area contributed by atoms with Crippen LogP contribution in [0.2, 0.25) is 0 Å². The van der Waals surface area contributed by atoms with Gasteiger partial charge in [-0.1, -0.05) is 6.07 Å². The van der Waals surface area contributed by atoms with Crippen LogP contribution in [0.3, 0.4) is 0 Å². The molecule has 0 unspecified atom stereocenters. The number of fused-ring (bicyclic) bond motifs is 1. The first-order valence-corrected chi connectivity index (χ1v) is 8.21. The third kappa shape index (κ3) is 3.46. The van der Waals surface area contributed by atoms with E-state index in [2.05, 4.69) is 9.97 Å². The summed E-state index contributed by atoms with van der Waals surface area (Å²) in [4.78, 5) is 8.11. The van der Waals surface area contributed by atoms with Gasteiger partial charge in [0.1, 0.15) is 17.2 Å².